The van der Waals surface area contributed by atoms with E-state index in [1.54, 1.807) is 17.5 Å². The topological polar surface area (TPSA) is 33.1 Å². The zero-order valence-electron chi connectivity index (χ0n) is 9.78. The van der Waals surface area contributed by atoms with Gasteiger partial charge in [-0.15, -0.1) is 0 Å². The SMILES string of the molecule is OC(Cc1ccsc1)c1cccc2cccnc12. The molecule has 0 saturated carbocycles. The lowest BCUT2D eigenvalue weighted by molar-refractivity contribution is 0.180. The van der Waals surface area contributed by atoms with Crippen molar-refractivity contribution in [1.82, 2.24) is 4.98 Å². The van der Waals surface area contributed by atoms with Crippen molar-refractivity contribution in [3.8, 4) is 0 Å². The van der Waals surface area contributed by atoms with E-state index in [1.165, 1.54) is 5.56 Å². The fraction of sp³-hybridized carbons (Fsp3) is 0.133. The van der Waals surface area contributed by atoms with E-state index in [-0.39, 0.29) is 0 Å². The Morgan fingerprint density at radius 3 is 2.89 bits per heavy atom. The Balaban J connectivity index is 1.98. The van der Waals surface area contributed by atoms with Crippen LogP contribution in [0.4, 0.5) is 0 Å². The number of hydrogen-bond donors (Lipinski definition) is 1. The molecule has 2 nitrogen and oxygen atoms in total. The summed E-state index contributed by atoms with van der Waals surface area (Å²) >= 11 is 1.65. The van der Waals surface area contributed by atoms with Crippen molar-refractivity contribution in [2.75, 3.05) is 0 Å². The molecule has 0 aliphatic rings. The van der Waals surface area contributed by atoms with Crippen LogP contribution in [0.2, 0.25) is 0 Å². The van der Waals surface area contributed by atoms with Crippen LogP contribution < -0.4 is 0 Å². The molecule has 0 saturated heterocycles. The van der Waals surface area contributed by atoms with E-state index in [1.807, 2.05) is 41.8 Å². The minimum Gasteiger partial charge on any atom is -0.388 e. The van der Waals surface area contributed by atoms with E-state index in [0.717, 1.165) is 16.5 Å². The molecular weight excluding hydrogens is 242 g/mol. The molecule has 1 unspecified atom stereocenters. The third kappa shape index (κ3) is 2.15. The Kier molecular flexibility index (Phi) is 3.09. The van der Waals surface area contributed by atoms with Crippen molar-refractivity contribution >= 4 is 22.2 Å². The maximum Gasteiger partial charge on any atom is 0.0851 e. The first-order valence-electron chi connectivity index (χ1n) is 5.87. The third-order valence-corrected chi connectivity index (χ3v) is 3.76. The highest BCUT2D eigenvalue weighted by Crippen LogP contribution is 2.25. The van der Waals surface area contributed by atoms with Gasteiger partial charge in [-0.2, -0.15) is 11.3 Å². The molecular formula is C15H13NOS. The smallest absolute Gasteiger partial charge is 0.0851 e. The molecule has 0 spiro atoms. The molecule has 0 bridgehead atoms. The second kappa shape index (κ2) is 4.88. The van der Waals surface area contributed by atoms with E-state index in [4.69, 9.17) is 0 Å². The zero-order chi connectivity index (χ0) is 12.4. The molecule has 3 aromatic rings. The van der Waals surface area contributed by atoms with Gasteiger partial charge >= 0.3 is 0 Å². The highest BCUT2D eigenvalue weighted by atomic mass is 32.1. The number of thiophene rings is 1. The van der Waals surface area contributed by atoms with Crippen molar-refractivity contribution in [2.24, 2.45) is 0 Å². The number of nitrogens with zero attached hydrogens (tertiary/aromatic N) is 1. The number of pyridine rings is 1. The highest BCUT2D eigenvalue weighted by molar-refractivity contribution is 7.07. The number of rotatable bonds is 3. The van der Waals surface area contributed by atoms with Crippen LogP contribution in [0.5, 0.6) is 0 Å². The summed E-state index contributed by atoms with van der Waals surface area (Å²) in [5, 5.41) is 15.5. The van der Waals surface area contributed by atoms with E-state index in [2.05, 4.69) is 10.4 Å². The summed E-state index contributed by atoms with van der Waals surface area (Å²) in [6.45, 7) is 0. The van der Waals surface area contributed by atoms with Crippen LogP contribution in [0.25, 0.3) is 10.9 Å². The molecule has 2 aromatic heterocycles. The zero-order valence-corrected chi connectivity index (χ0v) is 10.6. The van der Waals surface area contributed by atoms with Gasteiger partial charge < -0.3 is 5.11 Å². The maximum atomic E-state index is 10.4. The van der Waals surface area contributed by atoms with Gasteiger partial charge in [0.1, 0.15) is 0 Å². The molecule has 1 atom stereocenters. The van der Waals surface area contributed by atoms with E-state index in [0.29, 0.717) is 6.42 Å². The minimum atomic E-state index is -0.502. The first-order valence-corrected chi connectivity index (χ1v) is 6.81. The van der Waals surface area contributed by atoms with Crippen molar-refractivity contribution in [3.05, 3.63) is 64.5 Å². The normalized spacial score (nSPS) is 12.7. The monoisotopic (exact) mass is 255 g/mol. The Labute approximate surface area is 110 Å². The molecule has 1 N–H and O–H groups in total. The molecule has 18 heavy (non-hydrogen) atoms. The summed E-state index contributed by atoms with van der Waals surface area (Å²) in [4.78, 5) is 4.37. The summed E-state index contributed by atoms with van der Waals surface area (Å²) in [7, 11) is 0. The van der Waals surface area contributed by atoms with Crippen LogP contribution in [0, 0.1) is 0 Å². The Hall–Kier alpha value is -1.71. The van der Waals surface area contributed by atoms with Crippen LogP contribution in [0.3, 0.4) is 0 Å². The third-order valence-electron chi connectivity index (χ3n) is 3.03. The fourth-order valence-electron chi connectivity index (χ4n) is 2.14. The first kappa shape index (κ1) is 11.4. The average Bonchev–Trinajstić information content (AvgIpc) is 2.91. The quantitative estimate of drug-likeness (QED) is 0.776. The molecule has 3 rings (SSSR count). The van der Waals surface area contributed by atoms with E-state index < -0.39 is 6.10 Å². The fourth-order valence-corrected chi connectivity index (χ4v) is 2.82. The summed E-state index contributed by atoms with van der Waals surface area (Å²) in [5.41, 5.74) is 2.96. The number of aromatic nitrogens is 1. The van der Waals surface area contributed by atoms with Crippen LogP contribution in [0.1, 0.15) is 17.2 Å². The van der Waals surface area contributed by atoms with Crippen molar-refractivity contribution < 1.29 is 5.11 Å². The lowest BCUT2D eigenvalue weighted by atomic mass is 10.0. The summed E-state index contributed by atoms with van der Waals surface area (Å²) in [5.74, 6) is 0. The molecule has 3 heteroatoms. The minimum absolute atomic E-state index is 0.502. The van der Waals surface area contributed by atoms with Crippen LogP contribution >= 0.6 is 11.3 Å². The predicted octanol–water partition coefficient (Wildman–Crippen LogP) is 3.57. The van der Waals surface area contributed by atoms with E-state index in [9.17, 15) is 5.11 Å². The Morgan fingerprint density at radius 1 is 1.17 bits per heavy atom. The van der Waals surface area contributed by atoms with Gasteiger partial charge in [-0.25, -0.2) is 0 Å². The van der Waals surface area contributed by atoms with Gasteiger partial charge in [-0.3, -0.25) is 4.98 Å². The standard InChI is InChI=1S/C15H13NOS/c17-14(9-11-6-8-18-10-11)13-5-1-3-12-4-2-7-16-15(12)13/h1-8,10,14,17H,9H2. The average molecular weight is 255 g/mol. The van der Waals surface area contributed by atoms with Gasteiger partial charge in [0.25, 0.3) is 0 Å². The van der Waals surface area contributed by atoms with Crippen LogP contribution in [0.15, 0.2) is 53.4 Å². The first-order chi connectivity index (χ1) is 8.84. The van der Waals surface area contributed by atoms with Gasteiger partial charge in [0.15, 0.2) is 0 Å². The second-order valence-corrected chi connectivity index (χ2v) is 5.05. The van der Waals surface area contributed by atoms with Crippen molar-refractivity contribution in [2.45, 2.75) is 12.5 Å². The van der Waals surface area contributed by atoms with Crippen molar-refractivity contribution in [3.63, 3.8) is 0 Å². The van der Waals surface area contributed by atoms with Gasteiger partial charge in [0.2, 0.25) is 0 Å². The summed E-state index contributed by atoms with van der Waals surface area (Å²) in [6.07, 6.45) is 1.90. The van der Waals surface area contributed by atoms with Gasteiger partial charge in [-0.1, -0.05) is 24.3 Å². The lowest BCUT2D eigenvalue weighted by Gasteiger charge is -2.12. The van der Waals surface area contributed by atoms with Gasteiger partial charge in [-0.05, 0) is 28.5 Å². The van der Waals surface area contributed by atoms with Crippen molar-refractivity contribution in [1.29, 1.82) is 0 Å². The van der Waals surface area contributed by atoms with Crippen LogP contribution in [-0.2, 0) is 6.42 Å². The van der Waals surface area contributed by atoms with E-state index >= 15 is 0 Å². The molecule has 0 radical (unpaired) electrons. The molecule has 2 heterocycles. The molecule has 90 valence electrons. The van der Waals surface area contributed by atoms with Gasteiger partial charge in [0, 0.05) is 23.6 Å². The van der Waals surface area contributed by atoms with Gasteiger partial charge in [0.05, 0.1) is 11.6 Å². The lowest BCUT2D eigenvalue weighted by Crippen LogP contribution is -2.02. The van der Waals surface area contributed by atoms with Crippen LogP contribution in [-0.4, -0.2) is 10.1 Å². The number of fused-ring (bicyclic) bond motifs is 1. The second-order valence-electron chi connectivity index (χ2n) is 4.27. The molecule has 0 aliphatic heterocycles. The number of para-hydroxylation sites is 1. The number of aliphatic hydroxyl groups excluding tert-OH is 1. The molecule has 0 aliphatic carbocycles. The molecule has 0 amide bonds. The predicted molar refractivity (Wildman–Crippen MR) is 74.7 cm³/mol. The largest absolute Gasteiger partial charge is 0.388 e. The summed E-state index contributed by atoms with van der Waals surface area (Å²) in [6, 6.07) is 11.9. The Morgan fingerprint density at radius 2 is 2.06 bits per heavy atom. The number of hydrogen-bond acceptors (Lipinski definition) is 3. The maximum absolute atomic E-state index is 10.4. The highest BCUT2D eigenvalue weighted by Gasteiger charge is 2.12. The summed E-state index contributed by atoms with van der Waals surface area (Å²) < 4.78 is 0. The molecule has 0 fully saturated rings. The number of aliphatic hydroxyl groups is 1. The number of benzene rings is 1. The molecule has 1 aromatic carbocycles. The Bertz CT molecular complexity index is 643.